The number of hydrogen-bond acceptors (Lipinski definition) is 3. The number of furan rings is 1. The van der Waals surface area contributed by atoms with Crippen LogP contribution in [0.3, 0.4) is 0 Å². The predicted octanol–water partition coefficient (Wildman–Crippen LogP) is 4.07. The number of hydrogen-bond donors (Lipinski definition) is 0. The minimum absolute atomic E-state index is 0.0658. The van der Waals surface area contributed by atoms with Crippen LogP contribution in [-0.2, 0) is 30.7 Å². The van der Waals surface area contributed by atoms with Gasteiger partial charge in [-0.2, -0.15) is 0 Å². The normalized spacial score (nSPS) is 15.5. The van der Waals surface area contributed by atoms with E-state index in [9.17, 15) is 9.59 Å². The van der Waals surface area contributed by atoms with Crippen molar-refractivity contribution in [2.24, 2.45) is 0 Å². The highest BCUT2D eigenvalue weighted by Crippen LogP contribution is 2.26. The molecule has 5 heteroatoms. The molecule has 1 aliphatic rings. The van der Waals surface area contributed by atoms with Crippen LogP contribution in [-0.4, -0.2) is 34.7 Å². The summed E-state index contributed by atoms with van der Waals surface area (Å²) in [5, 5.41) is 0. The van der Waals surface area contributed by atoms with Gasteiger partial charge >= 0.3 is 0 Å². The Bertz CT molecular complexity index is 1020. The quantitative estimate of drug-likeness (QED) is 0.647. The molecule has 3 aromatic rings. The van der Waals surface area contributed by atoms with Crippen LogP contribution in [0.1, 0.15) is 39.7 Å². The van der Waals surface area contributed by atoms with Gasteiger partial charge in [0.2, 0.25) is 5.91 Å². The van der Waals surface area contributed by atoms with Crippen molar-refractivity contribution in [3.63, 3.8) is 0 Å². The summed E-state index contributed by atoms with van der Waals surface area (Å²) in [6, 6.07) is 19.1. The molecule has 2 aromatic carbocycles. The van der Waals surface area contributed by atoms with Gasteiger partial charge in [-0.15, -0.1) is 0 Å². The first-order chi connectivity index (χ1) is 14.6. The third-order valence-corrected chi connectivity index (χ3v) is 5.75. The molecule has 154 valence electrons. The number of nitrogens with zero attached hydrogens (tertiary/aromatic N) is 2. The number of carbonyl (C=O) groups excluding carboxylic acids is 2. The first-order valence-electron chi connectivity index (χ1n) is 10.3. The molecule has 0 bridgehead atoms. The summed E-state index contributed by atoms with van der Waals surface area (Å²) < 4.78 is 5.33. The fourth-order valence-electron chi connectivity index (χ4n) is 3.99. The van der Waals surface area contributed by atoms with E-state index in [4.69, 9.17) is 4.42 Å². The molecular weight excluding hydrogens is 376 g/mol. The molecule has 30 heavy (non-hydrogen) atoms. The van der Waals surface area contributed by atoms with Crippen molar-refractivity contribution in [2.75, 3.05) is 7.05 Å². The average molecular weight is 402 g/mol. The van der Waals surface area contributed by atoms with Crippen LogP contribution >= 0.6 is 0 Å². The lowest BCUT2D eigenvalue weighted by Gasteiger charge is -2.37. The lowest BCUT2D eigenvalue weighted by molar-refractivity contribution is -0.135. The summed E-state index contributed by atoms with van der Waals surface area (Å²) in [6.07, 6.45) is 2.97. The fourth-order valence-corrected chi connectivity index (χ4v) is 3.99. The van der Waals surface area contributed by atoms with Crippen LogP contribution in [0.4, 0.5) is 0 Å². The van der Waals surface area contributed by atoms with Gasteiger partial charge in [0.25, 0.3) is 5.91 Å². The van der Waals surface area contributed by atoms with Crippen molar-refractivity contribution >= 4 is 11.8 Å². The van der Waals surface area contributed by atoms with Crippen molar-refractivity contribution in [1.82, 2.24) is 9.80 Å². The Morgan fingerprint density at radius 3 is 2.37 bits per heavy atom. The van der Waals surface area contributed by atoms with Gasteiger partial charge in [0.05, 0.1) is 6.26 Å². The Labute approximate surface area is 176 Å². The zero-order valence-corrected chi connectivity index (χ0v) is 17.4. The SMILES string of the molecule is CCc1ccc(CN(C)C(=O)C2Cc3ccccc3CN2C(=O)c2ccco2)cc1. The van der Waals surface area contributed by atoms with Gasteiger partial charge in [-0.05, 0) is 40.8 Å². The molecule has 0 N–H and O–H groups in total. The van der Waals surface area contributed by atoms with E-state index in [-0.39, 0.29) is 17.6 Å². The second-order valence-electron chi connectivity index (χ2n) is 7.76. The third-order valence-electron chi connectivity index (χ3n) is 5.75. The Hall–Kier alpha value is -3.34. The van der Waals surface area contributed by atoms with Gasteiger partial charge in [-0.1, -0.05) is 55.5 Å². The summed E-state index contributed by atoms with van der Waals surface area (Å²) in [4.78, 5) is 29.9. The number of rotatable bonds is 5. The molecule has 0 saturated heterocycles. The van der Waals surface area contributed by atoms with Gasteiger partial charge in [0.1, 0.15) is 6.04 Å². The molecule has 2 amide bonds. The molecule has 0 fully saturated rings. The van der Waals surface area contributed by atoms with E-state index in [2.05, 4.69) is 31.2 Å². The van der Waals surface area contributed by atoms with E-state index < -0.39 is 6.04 Å². The lowest BCUT2D eigenvalue weighted by atomic mass is 9.93. The Kier molecular flexibility index (Phi) is 5.70. The van der Waals surface area contributed by atoms with Crippen LogP contribution in [0.2, 0.25) is 0 Å². The second-order valence-corrected chi connectivity index (χ2v) is 7.76. The van der Waals surface area contributed by atoms with Crippen molar-refractivity contribution in [1.29, 1.82) is 0 Å². The molecule has 0 saturated carbocycles. The smallest absolute Gasteiger partial charge is 0.290 e. The molecule has 1 aliphatic heterocycles. The Morgan fingerprint density at radius 1 is 1.00 bits per heavy atom. The van der Waals surface area contributed by atoms with E-state index in [0.29, 0.717) is 19.5 Å². The monoisotopic (exact) mass is 402 g/mol. The summed E-state index contributed by atoms with van der Waals surface area (Å²) in [5.41, 5.74) is 4.52. The van der Waals surface area contributed by atoms with E-state index in [1.807, 2.05) is 24.3 Å². The third kappa shape index (κ3) is 4.01. The van der Waals surface area contributed by atoms with E-state index in [0.717, 1.165) is 23.1 Å². The Morgan fingerprint density at radius 2 is 1.70 bits per heavy atom. The minimum atomic E-state index is -0.558. The molecule has 5 nitrogen and oxygen atoms in total. The van der Waals surface area contributed by atoms with Gasteiger partial charge in [-0.3, -0.25) is 9.59 Å². The largest absolute Gasteiger partial charge is 0.459 e. The molecule has 2 heterocycles. The number of likely N-dealkylation sites (N-methyl/N-ethyl adjacent to an activating group) is 1. The highest BCUT2D eigenvalue weighted by Gasteiger charge is 2.37. The number of aryl methyl sites for hydroxylation is 1. The summed E-state index contributed by atoms with van der Waals surface area (Å²) in [7, 11) is 1.80. The van der Waals surface area contributed by atoms with E-state index in [1.165, 1.54) is 11.8 Å². The summed E-state index contributed by atoms with van der Waals surface area (Å²) in [5.74, 6) is -0.0671. The number of amides is 2. The van der Waals surface area contributed by atoms with Gasteiger partial charge in [0, 0.05) is 26.6 Å². The Balaban J connectivity index is 1.57. The highest BCUT2D eigenvalue weighted by atomic mass is 16.3. The molecule has 4 rings (SSSR count). The van der Waals surface area contributed by atoms with Crippen LogP contribution in [0.15, 0.2) is 71.3 Å². The molecule has 1 unspecified atom stereocenters. The number of benzene rings is 2. The zero-order chi connectivity index (χ0) is 21.1. The highest BCUT2D eigenvalue weighted by molar-refractivity contribution is 5.96. The minimum Gasteiger partial charge on any atom is -0.459 e. The standard InChI is InChI=1S/C25H26N2O3/c1-3-18-10-12-19(13-11-18)16-26(2)24(28)22-15-20-7-4-5-8-21(20)17-27(22)25(29)23-9-6-14-30-23/h4-14,22H,3,15-17H2,1-2H3. The fraction of sp³-hybridized carbons (Fsp3) is 0.280. The number of fused-ring (bicyclic) bond motifs is 1. The maximum Gasteiger partial charge on any atom is 0.290 e. The van der Waals surface area contributed by atoms with E-state index in [1.54, 1.807) is 29.0 Å². The van der Waals surface area contributed by atoms with Crippen LogP contribution in [0, 0.1) is 0 Å². The number of carbonyl (C=O) groups is 2. The van der Waals surface area contributed by atoms with Crippen molar-refractivity contribution < 1.29 is 14.0 Å². The van der Waals surface area contributed by atoms with Gasteiger partial charge in [-0.25, -0.2) is 0 Å². The van der Waals surface area contributed by atoms with Gasteiger partial charge < -0.3 is 14.2 Å². The van der Waals surface area contributed by atoms with Crippen LogP contribution in [0.5, 0.6) is 0 Å². The molecule has 1 atom stereocenters. The lowest BCUT2D eigenvalue weighted by Crippen LogP contribution is -2.52. The van der Waals surface area contributed by atoms with Crippen LogP contribution in [0.25, 0.3) is 0 Å². The molecule has 1 aromatic heterocycles. The maximum absolute atomic E-state index is 13.4. The topological polar surface area (TPSA) is 53.8 Å². The second kappa shape index (κ2) is 8.57. The molecule has 0 radical (unpaired) electrons. The summed E-state index contributed by atoms with van der Waals surface area (Å²) in [6.45, 7) is 3.02. The van der Waals surface area contributed by atoms with Crippen LogP contribution < -0.4 is 0 Å². The van der Waals surface area contributed by atoms with Crippen molar-refractivity contribution in [3.05, 3.63) is 94.9 Å². The summed E-state index contributed by atoms with van der Waals surface area (Å²) >= 11 is 0. The molecular formula is C25H26N2O3. The predicted molar refractivity (Wildman–Crippen MR) is 115 cm³/mol. The maximum atomic E-state index is 13.4. The van der Waals surface area contributed by atoms with Gasteiger partial charge in [0.15, 0.2) is 5.76 Å². The first kappa shape index (κ1) is 20.0. The first-order valence-corrected chi connectivity index (χ1v) is 10.3. The molecule has 0 aliphatic carbocycles. The van der Waals surface area contributed by atoms with Crippen molar-refractivity contribution in [3.8, 4) is 0 Å². The average Bonchev–Trinajstić information content (AvgIpc) is 3.32. The molecule has 0 spiro atoms. The van der Waals surface area contributed by atoms with E-state index >= 15 is 0 Å². The zero-order valence-electron chi connectivity index (χ0n) is 17.4. The van der Waals surface area contributed by atoms with Crippen molar-refractivity contribution in [2.45, 2.75) is 38.9 Å².